The third-order valence-electron chi connectivity index (χ3n) is 2.84. The summed E-state index contributed by atoms with van der Waals surface area (Å²) in [5.41, 5.74) is 0.513. The zero-order valence-electron chi connectivity index (χ0n) is 11.8. The van der Waals surface area contributed by atoms with Crippen molar-refractivity contribution in [2.24, 2.45) is 0 Å². The van der Waals surface area contributed by atoms with E-state index in [0.29, 0.717) is 22.2 Å². The summed E-state index contributed by atoms with van der Waals surface area (Å²) in [6, 6.07) is 14.2. The summed E-state index contributed by atoms with van der Waals surface area (Å²) < 4.78 is 10.8. The quantitative estimate of drug-likeness (QED) is 0.915. The molecular weight excluding hydrogens is 290 g/mol. The molecule has 1 unspecified atom stereocenters. The highest BCUT2D eigenvalue weighted by Gasteiger charge is 2.16. The van der Waals surface area contributed by atoms with Gasteiger partial charge >= 0.3 is 0 Å². The number of benzene rings is 2. The third kappa shape index (κ3) is 4.13. The summed E-state index contributed by atoms with van der Waals surface area (Å²) in [6.45, 7) is 1.68. The van der Waals surface area contributed by atoms with Gasteiger partial charge in [0.15, 0.2) is 6.10 Å². The molecule has 2 rings (SSSR count). The van der Waals surface area contributed by atoms with Gasteiger partial charge in [-0.2, -0.15) is 0 Å². The molecule has 5 heteroatoms. The van der Waals surface area contributed by atoms with Crippen LogP contribution in [-0.2, 0) is 4.79 Å². The number of amides is 1. The van der Waals surface area contributed by atoms with E-state index < -0.39 is 6.10 Å². The summed E-state index contributed by atoms with van der Waals surface area (Å²) in [5, 5.41) is 3.27. The second kappa shape index (κ2) is 6.99. The smallest absolute Gasteiger partial charge is 0.265 e. The van der Waals surface area contributed by atoms with Crippen LogP contribution in [0.2, 0.25) is 5.02 Å². The van der Waals surface area contributed by atoms with Crippen molar-refractivity contribution >= 4 is 23.2 Å². The topological polar surface area (TPSA) is 47.6 Å². The summed E-state index contributed by atoms with van der Waals surface area (Å²) >= 11 is 5.93. The zero-order valence-corrected chi connectivity index (χ0v) is 12.6. The lowest BCUT2D eigenvalue weighted by Gasteiger charge is -2.16. The van der Waals surface area contributed by atoms with Gasteiger partial charge in [-0.05, 0) is 37.3 Å². The first-order chi connectivity index (χ1) is 10.1. The minimum Gasteiger partial charge on any atom is -0.495 e. The van der Waals surface area contributed by atoms with Crippen molar-refractivity contribution in [2.75, 3.05) is 12.4 Å². The molecule has 4 nitrogen and oxygen atoms in total. The Labute approximate surface area is 128 Å². The van der Waals surface area contributed by atoms with Crippen molar-refractivity contribution < 1.29 is 14.3 Å². The number of ether oxygens (including phenoxy) is 2. The van der Waals surface area contributed by atoms with Crippen molar-refractivity contribution in [3.8, 4) is 11.5 Å². The second-order valence-electron chi connectivity index (χ2n) is 4.41. The lowest BCUT2D eigenvalue weighted by atomic mass is 10.2. The van der Waals surface area contributed by atoms with Crippen LogP contribution in [0.25, 0.3) is 0 Å². The molecule has 0 aliphatic rings. The molecule has 0 saturated carbocycles. The predicted octanol–water partition coefficient (Wildman–Crippen LogP) is 3.75. The minimum atomic E-state index is -0.643. The van der Waals surface area contributed by atoms with Crippen LogP contribution < -0.4 is 14.8 Å². The molecule has 110 valence electrons. The lowest BCUT2D eigenvalue weighted by Crippen LogP contribution is -2.30. The highest BCUT2D eigenvalue weighted by Crippen LogP contribution is 2.27. The first kappa shape index (κ1) is 15.2. The van der Waals surface area contributed by atoms with Crippen molar-refractivity contribution in [1.29, 1.82) is 0 Å². The highest BCUT2D eigenvalue weighted by atomic mass is 35.5. The van der Waals surface area contributed by atoms with E-state index in [0.717, 1.165) is 0 Å². The molecule has 0 fully saturated rings. The number of carbonyl (C=O) groups is 1. The number of anilines is 1. The van der Waals surface area contributed by atoms with E-state index in [9.17, 15) is 4.79 Å². The predicted molar refractivity (Wildman–Crippen MR) is 83.2 cm³/mol. The van der Waals surface area contributed by atoms with Crippen LogP contribution in [0.4, 0.5) is 5.69 Å². The Hall–Kier alpha value is -2.20. The average Bonchev–Trinajstić information content (AvgIpc) is 2.48. The molecule has 0 aromatic heterocycles. The van der Waals surface area contributed by atoms with Gasteiger partial charge in [-0.1, -0.05) is 29.8 Å². The Morgan fingerprint density at radius 3 is 2.57 bits per heavy atom. The summed E-state index contributed by atoms with van der Waals surface area (Å²) in [4.78, 5) is 12.2. The van der Waals surface area contributed by atoms with E-state index in [1.165, 1.54) is 7.11 Å². The molecule has 21 heavy (non-hydrogen) atoms. The number of nitrogens with one attached hydrogen (secondary N) is 1. The largest absolute Gasteiger partial charge is 0.495 e. The van der Waals surface area contributed by atoms with Crippen LogP contribution in [-0.4, -0.2) is 19.1 Å². The summed E-state index contributed by atoms with van der Waals surface area (Å²) in [6.07, 6.45) is -0.643. The average molecular weight is 306 g/mol. The Balaban J connectivity index is 2.05. The van der Waals surface area contributed by atoms with E-state index in [-0.39, 0.29) is 5.91 Å². The maximum absolute atomic E-state index is 12.2. The number of rotatable bonds is 5. The number of hydrogen-bond donors (Lipinski definition) is 1. The Kier molecular flexibility index (Phi) is 5.06. The van der Waals surface area contributed by atoms with Crippen LogP contribution in [0.3, 0.4) is 0 Å². The van der Waals surface area contributed by atoms with E-state index in [2.05, 4.69) is 5.32 Å². The molecule has 1 N–H and O–H groups in total. The third-order valence-corrected chi connectivity index (χ3v) is 3.08. The van der Waals surface area contributed by atoms with E-state index >= 15 is 0 Å². The maximum atomic E-state index is 12.2. The fourth-order valence-electron chi connectivity index (χ4n) is 1.77. The molecule has 0 bridgehead atoms. The molecule has 0 aliphatic carbocycles. The summed E-state index contributed by atoms with van der Waals surface area (Å²) in [5.74, 6) is 0.900. The van der Waals surface area contributed by atoms with Gasteiger partial charge in [0.1, 0.15) is 11.5 Å². The lowest BCUT2D eigenvalue weighted by molar-refractivity contribution is -0.122. The van der Waals surface area contributed by atoms with Gasteiger partial charge in [-0.15, -0.1) is 0 Å². The maximum Gasteiger partial charge on any atom is 0.265 e. The van der Waals surface area contributed by atoms with E-state index in [4.69, 9.17) is 21.1 Å². The highest BCUT2D eigenvalue weighted by molar-refractivity contribution is 6.31. The van der Waals surface area contributed by atoms with E-state index in [1.807, 2.05) is 18.2 Å². The van der Waals surface area contributed by atoms with Crippen molar-refractivity contribution in [3.63, 3.8) is 0 Å². The zero-order chi connectivity index (χ0) is 15.2. The van der Waals surface area contributed by atoms with E-state index in [1.54, 1.807) is 37.3 Å². The molecule has 0 aliphatic heterocycles. The summed E-state index contributed by atoms with van der Waals surface area (Å²) in [7, 11) is 1.53. The molecule has 2 aromatic carbocycles. The Bertz CT molecular complexity index is 616. The number of carbonyl (C=O) groups excluding carboxylic acids is 1. The minimum absolute atomic E-state index is 0.278. The van der Waals surface area contributed by atoms with Gasteiger partial charge in [0.25, 0.3) is 5.91 Å². The molecule has 1 amide bonds. The SMILES string of the molecule is COc1ccc(Cl)cc1NC(=O)C(C)Oc1ccccc1. The number of para-hydroxylation sites is 1. The molecule has 0 heterocycles. The van der Waals surface area contributed by atoms with Gasteiger partial charge < -0.3 is 14.8 Å². The number of halogens is 1. The van der Waals surface area contributed by atoms with Gasteiger partial charge in [-0.25, -0.2) is 0 Å². The van der Waals surface area contributed by atoms with Crippen molar-refractivity contribution in [2.45, 2.75) is 13.0 Å². The van der Waals surface area contributed by atoms with Crippen LogP contribution in [0.1, 0.15) is 6.92 Å². The number of methoxy groups -OCH3 is 1. The van der Waals surface area contributed by atoms with Gasteiger partial charge in [0.2, 0.25) is 0 Å². The first-order valence-electron chi connectivity index (χ1n) is 6.46. The normalized spacial score (nSPS) is 11.6. The molecule has 2 aromatic rings. The van der Waals surface area contributed by atoms with Crippen LogP contribution >= 0.6 is 11.6 Å². The monoisotopic (exact) mass is 305 g/mol. The first-order valence-corrected chi connectivity index (χ1v) is 6.84. The standard InChI is InChI=1S/C16H16ClNO3/c1-11(21-13-6-4-3-5-7-13)16(19)18-14-10-12(17)8-9-15(14)20-2/h3-11H,1-2H3,(H,18,19). The Morgan fingerprint density at radius 2 is 1.90 bits per heavy atom. The number of hydrogen-bond acceptors (Lipinski definition) is 3. The molecule has 0 spiro atoms. The van der Waals surface area contributed by atoms with Gasteiger partial charge in [-0.3, -0.25) is 4.79 Å². The van der Waals surface area contributed by atoms with Gasteiger partial charge in [0.05, 0.1) is 12.8 Å². The van der Waals surface area contributed by atoms with Crippen molar-refractivity contribution in [3.05, 3.63) is 53.6 Å². The molecule has 1 atom stereocenters. The Morgan fingerprint density at radius 1 is 1.19 bits per heavy atom. The molecular formula is C16H16ClNO3. The van der Waals surface area contributed by atoms with Crippen LogP contribution in [0, 0.1) is 0 Å². The molecule has 0 saturated heterocycles. The van der Waals surface area contributed by atoms with Crippen LogP contribution in [0.15, 0.2) is 48.5 Å². The fourth-order valence-corrected chi connectivity index (χ4v) is 1.94. The molecule has 0 radical (unpaired) electrons. The van der Waals surface area contributed by atoms with Crippen LogP contribution in [0.5, 0.6) is 11.5 Å². The second-order valence-corrected chi connectivity index (χ2v) is 4.84. The fraction of sp³-hybridized carbons (Fsp3) is 0.188. The van der Waals surface area contributed by atoms with Crippen molar-refractivity contribution in [1.82, 2.24) is 0 Å². The van der Waals surface area contributed by atoms with Gasteiger partial charge in [0, 0.05) is 5.02 Å².